The lowest BCUT2D eigenvalue weighted by Gasteiger charge is -2.67. The Balaban J connectivity index is 1.67. The minimum absolute atomic E-state index is 0.0513. The molecule has 8 atom stereocenters. The van der Waals surface area contributed by atoms with E-state index in [0.717, 1.165) is 18.4 Å². The summed E-state index contributed by atoms with van der Waals surface area (Å²) in [6.07, 6.45) is 9.91. The summed E-state index contributed by atoms with van der Waals surface area (Å²) in [7, 11) is 0. The van der Waals surface area contributed by atoms with Crippen molar-refractivity contribution < 1.29 is 23.5 Å². The van der Waals surface area contributed by atoms with E-state index in [0.29, 0.717) is 12.8 Å². The van der Waals surface area contributed by atoms with E-state index in [2.05, 4.69) is 26.8 Å². The number of rotatable bonds is 2. The molecular formula is C28H36O5. The second-order valence-corrected chi connectivity index (χ2v) is 12.3. The molecule has 0 saturated heterocycles. The summed E-state index contributed by atoms with van der Waals surface area (Å²) in [6, 6.07) is 1.99. The van der Waals surface area contributed by atoms with Crippen LogP contribution in [0.4, 0.5) is 0 Å². The van der Waals surface area contributed by atoms with Crippen molar-refractivity contribution in [3.8, 4) is 0 Å². The molecule has 0 aromatic carbocycles. The Hall–Kier alpha value is -2.17. The molecule has 178 valence electrons. The topological polar surface area (TPSA) is 73.6 Å². The predicted molar refractivity (Wildman–Crippen MR) is 123 cm³/mol. The summed E-state index contributed by atoms with van der Waals surface area (Å²) in [5, 5.41) is 0. The van der Waals surface area contributed by atoms with Gasteiger partial charge in [0, 0.05) is 30.1 Å². The third kappa shape index (κ3) is 2.80. The molecule has 3 fully saturated rings. The summed E-state index contributed by atoms with van der Waals surface area (Å²) in [6.45, 7) is 12.2. The van der Waals surface area contributed by atoms with Crippen LogP contribution in [0.3, 0.4) is 0 Å². The first kappa shape index (κ1) is 22.6. The molecule has 5 nitrogen and oxygen atoms in total. The Morgan fingerprint density at radius 3 is 2.48 bits per heavy atom. The average Bonchev–Trinajstić information content (AvgIpc) is 3.33. The van der Waals surface area contributed by atoms with Gasteiger partial charge in [0.2, 0.25) is 0 Å². The minimum Gasteiger partial charge on any atom is -0.472 e. The maximum atomic E-state index is 13.8. The van der Waals surface area contributed by atoms with Crippen molar-refractivity contribution in [2.75, 3.05) is 0 Å². The zero-order chi connectivity index (χ0) is 24.0. The predicted octanol–water partition coefficient (Wildman–Crippen LogP) is 5.50. The minimum atomic E-state index is -0.539. The van der Waals surface area contributed by atoms with Gasteiger partial charge in [0.1, 0.15) is 11.9 Å². The largest absolute Gasteiger partial charge is 0.472 e. The first-order valence-corrected chi connectivity index (χ1v) is 12.3. The second-order valence-electron chi connectivity index (χ2n) is 12.3. The molecule has 0 spiro atoms. The number of furan rings is 1. The Labute approximate surface area is 196 Å². The van der Waals surface area contributed by atoms with Crippen molar-refractivity contribution in [2.45, 2.75) is 79.2 Å². The van der Waals surface area contributed by atoms with Gasteiger partial charge in [-0.05, 0) is 65.6 Å². The Kier molecular flexibility index (Phi) is 4.75. The summed E-state index contributed by atoms with van der Waals surface area (Å²) >= 11 is 0. The van der Waals surface area contributed by atoms with Gasteiger partial charge in [-0.1, -0.05) is 40.7 Å². The number of ketones is 2. The number of carbonyl (C=O) groups is 3. The summed E-state index contributed by atoms with van der Waals surface area (Å²) < 4.78 is 11.5. The highest BCUT2D eigenvalue weighted by Crippen LogP contribution is 2.73. The van der Waals surface area contributed by atoms with E-state index in [1.54, 1.807) is 18.6 Å². The van der Waals surface area contributed by atoms with Crippen LogP contribution >= 0.6 is 0 Å². The summed E-state index contributed by atoms with van der Waals surface area (Å²) in [4.78, 5) is 39.0. The van der Waals surface area contributed by atoms with Crippen LogP contribution < -0.4 is 0 Å². The number of ether oxygens (including phenoxy) is 1. The molecule has 1 aromatic rings. The van der Waals surface area contributed by atoms with Crippen LogP contribution in [0.15, 0.2) is 35.2 Å². The highest BCUT2D eigenvalue weighted by atomic mass is 16.5. The van der Waals surface area contributed by atoms with Gasteiger partial charge in [-0.3, -0.25) is 14.4 Å². The molecule has 0 bridgehead atoms. The lowest BCUT2D eigenvalue weighted by molar-refractivity contribution is -0.221. The molecular weight excluding hydrogens is 416 g/mol. The van der Waals surface area contributed by atoms with Crippen molar-refractivity contribution in [3.63, 3.8) is 0 Å². The van der Waals surface area contributed by atoms with E-state index in [1.165, 1.54) is 6.92 Å². The lowest BCUT2D eigenvalue weighted by Crippen LogP contribution is -2.67. The number of esters is 1. The van der Waals surface area contributed by atoms with Gasteiger partial charge >= 0.3 is 5.97 Å². The van der Waals surface area contributed by atoms with Crippen LogP contribution in [-0.4, -0.2) is 23.6 Å². The molecule has 4 aliphatic rings. The lowest BCUT2D eigenvalue weighted by atomic mass is 9.37. The van der Waals surface area contributed by atoms with Crippen molar-refractivity contribution in [1.29, 1.82) is 0 Å². The van der Waals surface area contributed by atoms with Crippen LogP contribution in [0.5, 0.6) is 0 Å². The highest BCUT2D eigenvalue weighted by molar-refractivity contribution is 5.96. The third-order valence-corrected chi connectivity index (χ3v) is 10.5. The first-order chi connectivity index (χ1) is 15.4. The number of hydrogen-bond donors (Lipinski definition) is 0. The van der Waals surface area contributed by atoms with Crippen LogP contribution in [0, 0.1) is 39.4 Å². The second kappa shape index (κ2) is 6.93. The molecule has 0 amide bonds. The van der Waals surface area contributed by atoms with Gasteiger partial charge in [0.15, 0.2) is 5.78 Å². The van der Waals surface area contributed by atoms with Gasteiger partial charge in [0.25, 0.3) is 0 Å². The SMILES string of the molecule is CC(=O)O[C@@H]1C[C@@H]2C(C)(C)C(=O)C=C[C@]2(C)[C@H]2CC[C@]3(C)[C@@H](C(=O)C[C@H]3c3ccoc3)[C@@]21C. The number of fused-ring (bicyclic) bond motifs is 5. The molecule has 0 N–H and O–H groups in total. The zero-order valence-electron chi connectivity index (χ0n) is 20.6. The van der Waals surface area contributed by atoms with Crippen molar-refractivity contribution in [3.05, 3.63) is 36.3 Å². The average molecular weight is 453 g/mol. The van der Waals surface area contributed by atoms with E-state index in [1.807, 2.05) is 19.9 Å². The van der Waals surface area contributed by atoms with Gasteiger partial charge in [0.05, 0.1) is 12.5 Å². The smallest absolute Gasteiger partial charge is 0.302 e. The van der Waals surface area contributed by atoms with Crippen LogP contribution in [0.25, 0.3) is 0 Å². The van der Waals surface area contributed by atoms with Gasteiger partial charge in [-0.2, -0.15) is 0 Å². The first-order valence-electron chi connectivity index (χ1n) is 12.3. The quantitative estimate of drug-likeness (QED) is 0.554. The molecule has 5 rings (SSSR count). The molecule has 4 aliphatic carbocycles. The summed E-state index contributed by atoms with van der Waals surface area (Å²) in [5.41, 5.74) is -0.414. The number of Topliss-reactive ketones (excluding diaryl/α,β-unsaturated/α-hetero) is 1. The maximum absolute atomic E-state index is 13.8. The number of carbonyl (C=O) groups excluding carboxylic acids is 3. The van der Waals surface area contributed by atoms with E-state index in [9.17, 15) is 14.4 Å². The molecule has 1 heterocycles. The Bertz CT molecular complexity index is 1030. The molecule has 0 radical (unpaired) electrons. The van der Waals surface area contributed by atoms with Crippen LogP contribution in [-0.2, 0) is 19.1 Å². The fourth-order valence-corrected chi connectivity index (χ4v) is 9.11. The van der Waals surface area contributed by atoms with Gasteiger partial charge in [-0.25, -0.2) is 0 Å². The normalized spacial score (nSPS) is 45.8. The van der Waals surface area contributed by atoms with Crippen LogP contribution in [0.1, 0.15) is 78.7 Å². The number of hydrogen-bond acceptors (Lipinski definition) is 5. The van der Waals surface area contributed by atoms with E-state index in [-0.39, 0.29) is 52.0 Å². The standard InChI is InChI=1S/C28H36O5/c1-16(29)33-23-14-21-25(2,3)22(31)8-11-27(21,5)20-7-10-26(4)18(17-9-12-32-15-17)13-19(30)24(26)28(20,23)6/h8-9,11-12,15,18,20-21,23-24H,7,10,13-14H2,1-6H3/t18-,20+,21+,23+,24+,26-,27+,28-/m0/s1. The molecule has 33 heavy (non-hydrogen) atoms. The monoisotopic (exact) mass is 452 g/mol. The highest BCUT2D eigenvalue weighted by Gasteiger charge is 2.72. The molecule has 0 aliphatic heterocycles. The van der Waals surface area contributed by atoms with Crippen molar-refractivity contribution in [1.82, 2.24) is 0 Å². The van der Waals surface area contributed by atoms with Crippen molar-refractivity contribution >= 4 is 17.5 Å². The third-order valence-electron chi connectivity index (χ3n) is 10.5. The summed E-state index contributed by atoms with van der Waals surface area (Å²) in [5.74, 6) is 0.174. The van der Waals surface area contributed by atoms with Crippen LogP contribution in [0.2, 0.25) is 0 Å². The van der Waals surface area contributed by atoms with E-state index in [4.69, 9.17) is 9.15 Å². The van der Waals surface area contributed by atoms with Gasteiger partial charge < -0.3 is 9.15 Å². The Morgan fingerprint density at radius 1 is 1.12 bits per heavy atom. The fraction of sp³-hybridized carbons (Fsp3) is 0.679. The molecule has 0 unspecified atom stereocenters. The van der Waals surface area contributed by atoms with Crippen molar-refractivity contribution in [2.24, 2.45) is 39.4 Å². The maximum Gasteiger partial charge on any atom is 0.302 e. The van der Waals surface area contributed by atoms with Gasteiger partial charge in [-0.15, -0.1) is 0 Å². The molecule has 3 saturated carbocycles. The fourth-order valence-electron chi connectivity index (χ4n) is 9.11. The number of allylic oxidation sites excluding steroid dienone is 2. The van der Waals surface area contributed by atoms with E-state index < -0.39 is 16.9 Å². The van der Waals surface area contributed by atoms with E-state index >= 15 is 0 Å². The molecule has 1 aromatic heterocycles. The Morgan fingerprint density at radius 2 is 1.85 bits per heavy atom. The molecule has 5 heteroatoms. The zero-order valence-corrected chi connectivity index (χ0v) is 20.6.